The van der Waals surface area contributed by atoms with E-state index < -0.39 is 28.6 Å². The maximum Gasteiger partial charge on any atom is 0.259 e. The molecule has 0 saturated carbocycles. The number of benzene rings is 1. The minimum Gasteiger partial charge on any atom is -0.335 e. The maximum absolute atomic E-state index is 13.8. The Hall–Kier alpha value is -1.49. The number of hydrogen-bond donors (Lipinski definition) is 1. The van der Waals surface area contributed by atoms with E-state index in [0.29, 0.717) is 13.1 Å². The first-order valence-electron chi connectivity index (χ1n) is 5.91. The number of rotatable bonds is 2. The van der Waals surface area contributed by atoms with Gasteiger partial charge in [0.15, 0.2) is 0 Å². The van der Waals surface area contributed by atoms with E-state index in [1.807, 2.05) is 6.92 Å². The first kappa shape index (κ1) is 13.0. The Bertz CT molecular complexity index is 496. The van der Waals surface area contributed by atoms with Gasteiger partial charge in [-0.2, -0.15) is 0 Å². The third kappa shape index (κ3) is 1.99. The van der Waals surface area contributed by atoms with Gasteiger partial charge in [0.1, 0.15) is 17.2 Å². The minimum absolute atomic E-state index is 0.259. The monoisotopic (exact) mass is 254 g/mol. The van der Waals surface area contributed by atoms with Crippen LogP contribution in [0.3, 0.4) is 0 Å². The van der Waals surface area contributed by atoms with Crippen LogP contribution in [-0.2, 0) is 0 Å². The third-order valence-corrected chi connectivity index (χ3v) is 3.50. The van der Waals surface area contributed by atoms with Gasteiger partial charge in [-0.3, -0.25) is 4.79 Å². The summed E-state index contributed by atoms with van der Waals surface area (Å²) in [6, 6.07) is 2.43. The van der Waals surface area contributed by atoms with E-state index in [1.54, 1.807) is 0 Å². The van der Waals surface area contributed by atoms with Crippen LogP contribution in [-0.4, -0.2) is 29.4 Å². The molecule has 1 aliphatic heterocycles. The molecule has 2 N–H and O–H groups in total. The van der Waals surface area contributed by atoms with E-state index in [1.165, 1.54) is 17.9 Å². The number of amides is 1. The smallest absolute Gasteiger partial charge is 0.259 e. The highest BCUT2D eigenvalue weighted by molar-refractivity contribution is 5.95. The molecule has 0 unspecified atom stereocenters. The Morgan fingerprint density at radius 1 is 1.44 bits per heavy atom. The van der Waals surface area contributed by atoms with Crippen molar-refractivity contribution in [2.24, 2.45) is 5.73 Å². The number of carbonyl (C=O) groups is 1. The summed E-state index contributed by atoms with van der Waals surface area (Å²) in [5, 5.41) is 0. The van der Waals surface area contributed by atoms with Crippen molar-refractivity contribution < 1.29 is 13.6 Å². The second kappa shape index (κ2) is 4.31. The maximum atomic E-state index is 13.8. The minimum atomic E-state index is -0.825. The van der Waals surface area contributed by atoms with Gasteiger partial charge in [0, 0.05) is 13.1 Å². The topological polar surface area (TPSA) is 46.3 Å². The summed E-state index contributed by atoms with van der Waals surface area (Å²) in [6.45, 7) is 4.11. The van der Waals surface area contributed by atoms with E-state index in [2.05, 4.69) is 0 Å². The number of nitrogens with zero attached hydrogens (tertiary/aromatic N) is 1. The molecular formula is C13H16F2N2O. The van der Waals surface area contributed by atoms with Crippen LogP contribution in [0, 0.1) is 18.6 Å². The third-order valence-electron chi connectivity index (χ3n) is 3.50. The Morgan fingerprint density at radius 3 is 2.61 bits per heavy atom. The molecule has 0 aliphatic carbocycles. The Kier molecular flexibility index (Phi) is 3.11. The van der Waals surface area contributed by atoms with Crippen LogP contribution in [0.2, 0.25) is 0 Å². The predicted molar refractivity (Wildman–Crippen MR) is 64.2 cm³/mol. The highest BCUT2D eigenvalue weighted by Crippen LogP contribution is 2.26. The first-order valence-corrected chi connectivity index (χ1v) is 5.91. The summed E-state index contributed by atoms with van der Waals surface area (Å²) in [4.78, 5) is 13.4. The SMILES string of the molecule is CCC1(N)CN(C(=O)c2c(F)ccc(C)c2F)C1. The van der Waals surface area contributed by atoms with Gasteiger partial charge in [-0.05, 0) is 25.0 Å². The zero-order valence-electron chi connectivity index (χ0n) is 10.5. The fraction of sp³-hybridized carbons (Fsp3) is 0.462. The highest BCUT2D eigenvalue weighted by Gasteiger charge is 2.41. The van der Waals surface area contributed by atoms with Gasteiger partial charge >= 0.3 is 0 Å². The van der Waals surface area contributed by atoms with Gasteiger partial charge in [-0.1, -0.05) is 13.0 Å². The van der Waals surface area contributed by atoms with Crippen LogP contribution in [0.15, 0.2) is 12.1 Å². The lowest BCUT2D eigenvalue weighted by Gasteiger charge is -2.47. The molecule has 1 aromatic carbocycles. The van der Waals surface area contributed by atoms with Crippen LogP contribution in [0.25, 0.3) is 0 Å². The van der Waals surface area contributed by atoms with Crippen molar-refractivity contribution in [2.45, 2.75) is 25.8 Å². The molecule has 2 rings (SSSR count). The van der Waals surface area contributed by atoms with Crippen molar-refractivity contribution in [1.82, 2.24) is 4.90 Å². The molecule has 0 atom stereocenters. The first-order chi connectivity index (χ1) is 8.38. The normalized spacial score (nSPS) is 17.5. The van der Waals surface area contributed by atoms with Gasteiger partial charge < -0.3 is 10.6 Å². The molecule has 5 heteroatoms. The van der Waals surface area contributed by atoms with Gasteiger partial charge in [0.05, 0.1) is 5.54 Å². The molecule has 3 nitrogen and oxygen atoms in total. The summed E-state index contributed by atoms with van der Waals surface area (Å²) in [6.07, 6.45) is 0.732. The molecule has 1 saturated heterocycles. The average Bonchev–Trinajstić information content (AvgIpc) is 2.30. The Morgan fingerprint density at radius 2 is 2.06 bits per heavy atom. The molecule has 98 valence electrons. The number of aryl methyl sites for hydroxylation is 1. The molecule has 1 heterocycles. The van der Waals surface area contributed by atoms with Crippen LogP contribution < -0.4 is 5.73 Å². The number of nitrogens with two attached hydrogens (primary N) is 1. The number of likely N-dealkylation sites (tertiary alicyclic amines) is 1. The van der Waals surface area contributed by atoms with Crippen LogP contribution in [0.5, 0.6) is 0 Å². The fourth-order valence-corrected chi connectivity index (χ4v) is 2.09. The average molecular weight is 254 g/mol. The van der Waals surface area contributed by atoms with Crippen LogP contribution >= 0.6 is 0 Å². The molecule has 0 spiro atoms. The van der Waals surface area contributed by atoms with Crippen LogP contribution in [0.1, 0.15) is 29.3 Å². The lowest BCUT2D eigenvalue weighted by molar-refractivity contribution is 0.0392. The number of halogens is 2. The van der Waals surface area contributed by atoms with E-state index in [0.717, 1.165) is 12.5 Å². The van der Waals surface area contributed by atoms with Gasteiger partial charge in [-0.25, -0.2) is 8.78 Å². The van der Waals surface area contributed by atoms with Crippen molar-refractivity contribution in [2.75, 3.05) is 13.1 Å². The molecule has 1 aromatic rings. The van der Waals surface area contributed by atoms with E-state index in [9.17, 15) is 13.6 Å². The fourth-order valence-electron chi connectivity index (χ4n) is 2.09. The summed E-state index contributed by atoms with van der Waals surface area (Å²) in [5.41, 5.74) is 5.30. The second-order valence-corrected chi connectivity index (χ2v) is 4.93. The second-order valence-electron chi connectivity index (χ2n) is 4.93. The predicted octanol–water partition coefficient (Wildman–Crippen LogP) is 1.84. The molecule has 1 amide bonds. The van der Waals surface area contributed by atoms with Crippen molar-refractivity contribution in [3.63, 3.8) is 0 Å². The van der Waals surface area contributed by atoms with Crippen molar-refractivity contribution in [3.05, 3.63) is 34.9 Å². The van der Waals surface area contributed by atoms with E-state index in [4.69, 9.17) is 5.73 Å². The number of hydrogen-bond acceptors (Lipinski definition) is 2. The summed E-state index contributed by atoms with van der Waals surface area (Å²) in [5.74, 6) is -2.23. The van der Waals surface area contributed by atoms with Crippen molar-refractivity contribution in [3.8, 4) is 0 Å². The summed E-state index contributed by atoms with van der Waals surface area (Å²) in [7, 11) is 0. The van der Waals surface area contributed by atoms with E-state index >= 15 is 0 Å². The zero-order chi connectivity index (χ0) is 13.5. The number of carbonyl (C=O) groups excluding carboxylic acids is 1. The molecule has 0 bridgehead atoms. The lowest BCUT2D eigenvalue weighted by atomic mass is 9.87. The zero-order valence-corrected chi connectivity index (χ0v) is 10.5. The van der Waals surface area contributed by atoms with Crippen LogP contribution in [0.4, 0.5) is 8.78 Å². The van der Waals surface area contributed by atoms with Gasteiger partial charge in [0.25, 0.3) is 5.91 Å². The van der Waals surface area contributed by atoms with Crippen molar-refractivity contribution in [1.29, 1.82) is 0 Å². The molecule has 18 heavy (non-hydrogen) atoms. The Labute approximate surface area is 105 Å². The van der Waals surface area contributed by atoms with Gasteiger partial charge in [0.2, 0.25) is 0 Å². The standard InChI is InChI=1S/C13H16F2N2O/c1-3-13(16)6-17(7-13)12(18)10-9(14)5-4-8(2)11(10)15/h4-5H,3,6-7,16H2,1-2H3. The highest BCUT2D eigenvalue weighted by atomic mass is 19.1. The summed E-state index contributed by atoms with van der Waals surface area (Å²) < 4.78 is 27.3. The van der Waals surface area contributed by atoms with Gasteiger partial charge in [-0.15, -0.1) is 0 Å². The molecule has 0 aromatic heterocycles. The quantitative estimate of drug-likeness (QED) is 0.875. The lowest BCUT2D eigenvalue weighted by Crippen LogP contribution is -2.68. The van der Waals surface area contributed by atoms with E-state index in [-0.39, 0.29) is 5.56 Å². The molecule has 1 aliphatic rings. The molecule has 0 radical (unpaired) electrons. The largest absolute Gasteiger partial charge is 0.335 e. The Balaban J connectivity index is 2.24. The van der Waals surface area contributed by atoms with Crippen molar-refractivity contribution >= 4 is 5.91 Å². The summed E-state index contributed by atoms with van der Waals surface area (Å²) >= 11 is 0. The molecular weight excluding hydrogens is 238 g/mol. The molecule has 1 fully saturated rings.